The summed E-state index contributed by atoms with van der Waals surface area (Å²) in [6.45, 7) is 0. The first-order valence-electron chi connectivity index (χ1n) is 7.29. The van der Waals surface area contributed by atoms with Crippen LogP contribution in [0.5, 0.6) is 0 Å². The van der Waals surface area contributed by atoms with Crippen LogP contribution in [-0.4, -0.2) is 17.5 Å². The van der Waals surface area contributed by atoms with E-state index in [-0.39, 0.29) is 11.4 Å². The third-order valence-corrected chi connectivity index (χ3v) is 4.05. The Bertz CT molecular complexity index is 458. The molecule has 3 rings (SSSR count). The van der Waals surface area contributed by atoms with E-state index in [1.807, 2.05) is 0 Å². The van der Waals surface area contributed by atoms with Crippen molar-refractivity contribution in [3.05, 3.63) is 35.4 Å². The van der Waals surface area contributed by atoms with E-state index in [4.69, 9.17) is 5.73 Å². The molecule has 2 fully saturated rings. The van der Waals surface area contributed by atoms with Crippen LogP contribution in [0.4, 0.5) is 0 Å². The molecule has 0 spiro atoms. The zero-order valence-corrected chi connectivity index (χ0v) is 11.3. The van der Waals surface area contributed by atoms with Crippen molar-refractivity contribution in [1.82, 2.24) is 5.32 Å². The van der Waals surface area contributed by atoms with Crippen molar-refractivity contribution < 1.29 is 4.79 Å². The van der Waals surface area contributed by atoms with Crippen LogP contribution in [0.1, 0.15) is 43.2 Å². The smallest absolute Gasteiger partial charge is 0.220 e. The third-order valence-electron chi connectivity index (χ3n) is 4.05. The van der Waals surface area contributed by atoms with Gasteiger partial charge in [0.25, 0.3) is 0 Å². The topological polar surface area (TPSA) is 55.1 Å². The number of hydrogen-bond acceptors (Lipinski definition) is 2. The number of carbonyl (C=O) groups is 1. The molecule has 2 aliphatic carbocycles. The molecule has 1 aromatic carbocycles. The lowest BCUT2D eigenvalue weighted by molar-refractivity contribution is -0.121. The van der Waals surface area contributed by atoms with Gasteiger partial charge in [0.05, 0.1) is 0 Å². The quantitative estimate of drug-likeness (QED) is 0.819. The summed E-state index contributed by atoms with van der Waals surface area (Å²) >= 11 is 0. The van der Waals surface area contributed by atoms with E-state index in [0.29, 0.717) is 12.5 Å². The summed E-state index contributed by atoms with van der Waals surface area (Å²) in [5.74, 6) is 0.186. The van der Waals surface area contributed by atoms with Gasteiger partial charge < -0.3 is 11.1 Å². The summed E-state index contributed by atoms with van der Waals surface area (Å²) in [7, 11) is 0. The molecule has 19 heavy (non-hydrogen) atoms. The van der Waals surface area contributed by atoms with Gasteiger partial charge >= 0.3 is 0 Å². The maximum Gasteiger partial charge on any atom is 0.220 e. The molecule has 3 heteroatoms. The summed E-state index contributed by atoms with van der Waals surface area (Å²) in [5.41, 5.74) is 8.73. The summed E-state index contributed by atoms with van der Waals surface area (Å²) in [5, 5.41) is 3.02. The van der Waals surface area contributed by atoms with E-state index in [2.05, 4.69) is 29.6 Å². The highest BCUT2D eigenvalue weighted by Gasteiger charge is 2.37. The predicted octanol–water partition coefficient (Wildman–Crippen LogP) is 1.93. The minimum absolute atomic E-state index is 0.0751. The maximum atomic E-state index is 11.6. The lowest BCUT2D eigenvalue weighted by Crippen LogP contribution is -2.25. The van der Waals surface area contributed by atoms with Gasteiger partial charge in [0.1, 0.15) is 0 Å². The fourth-order valence-electron chi connectivity index (χ4n) is 2.35. The second-order valence-corrected chi connectivity index (χ2v) is 6.20. The van der Waals surface area contributed by atoms with Crippen molar-refractivity contribution in [1.29, 1.82) is 0 Å². The molecule has 1 amide bonds. The Balaban J connectivity index is 1.46. The molecule has 0 unspecified atom stereocenters. The van der Waals surface area contributed by atoms with Crippen molar-refractivity contribution in [3.63, 3.8) is 0 Å². The third kappa shape index (κ3) is 3.80. The number of amides is 1. The van der Waals surface area contributed by atoms with Gasteiger partial charge in [-0.3, -0.25) is 4.79 Å². The van der Waals surface area contributed by atoms with E-state index in [1.54, 1.807) is 0 Å². The molecule has 102 valence electrons. The Morgan fingerprint density at radius 1 is 1.21 bits per heavy atom. The molecule has 0 aliphatic heterocycles. The monoisotopic (exact) mass is 258 g/mol. The average Bonchev–Trinajstić information content (AvgIpc) is 3.29. The Morgan fingerprint density at radius 3 is 2.42 bits per heavy atom. The Hall–Kier alpha value is -1.35. The lowest BCUT2D eigenvalue weighted by atomic mass is 10.0. The van der Waals surface area contributed by atoms with E-state index < -0.39 is 0 Å². The van der Waals surface area contributed by atoms with E-state index >= 15 is 0 Å². The zero-order valence-electron chi connectivity index (χ0n) is 11.3. The first kappa shape index (κ1) is 12.7. The van der Waals surface area contributed by atoms with Gasteiger partial charge in [-0.2, -0.15) is 0 Å². The zero-order chi connectivity index (χ0) is 13.3. The Labute approximate surface area is 114 Å². The molecule has 0 heterocycles. The average molecular weight is 258 g/mol. The molecule has 1 aromatic rings. The minimum Gasteiger partial charge on any atom is -0.353 e. The Morgan fingerprint density at radius 2 is 1.84 bits per heavy atom. The van der Waals surface area contributed by atoms with E-state index in [1.165, 1.54) is 11.1 Å². The molecular formula is C16H22N2O. The van der Waals surface area contributed by atoms with Gasteiger partial charge in [-0.05, 0) is 49.7 Å². The van der Waals surface area contributed by atoms with Gasteiger partial charge in [-0.15, -0.1) is 0 Å². The van der Waals surface area contributed by atoms with Crippen LogP contribution in [0.25, 0.3) is 0 Å². The fourth-order valence-corrected chi connectivity index (χ4v) is 2.35. The fraction of sp³-hybridized carbons (Fsp3) is 0.562. The SMILES string of the molecule is NC1(Cc2ccc(CCC(=O)NC3CC3)cc2)CC1. The number of nitrogens with two attached hydrogens (primary N) is 1. The molecule has 0 aromatic heterocycles. The summed E-state index contributed by atoms with van der Waals surface area (Å²) in [6.07, 6.45) is 7.01. The summed E-state index contributed by atoms with van der Waals surface area (Å²) < 4.78 is 0. The van der Waals surface area contributed by atoms with Crippen LogP contribution in [-0.2, 0) is 17.6 Å². The number of nitrogens with one attached hydrogen (secondary N) is 1. The van der Waals surface area contributed by atoms with Gasteiger partial charge in [-0.25, -0.2) is 0 Å². The molecule has 0 radical (unpaired) electrons. The van der Waals surface area contributed by atoms with Gasteiger partial charge in [0.15, 0.2) is 0 Å². The van der Waals surface area contributed by atoms with E-state index in [0.717, 1.165) is 38.5 Å². The standard InChI is InChI=1S/C16H22N2O/c17-16(9-10-16)11-13-3-1-12(2-4-13)5-8-15(19)18-14-6-7-14/h1-4,14H,5-11,17H2,(H,18,19). The van der Waals surface area contributed by atoms with Crippen molar-refractivity contribution in [2.45, 2.75) is 56.5 Å². The van der Waals surface area contributed by atoms with E-state index in [9.17, 15) is 4.79 Å². The van der Waals surface area contributed by atoms with Crippen molar-refractivity contribution in [2.75, 3.05) is 0 Å². The number of carbonyl (C=O) groups excluding carboxylic acids is 1. The molecule has 0 atom stereocenters. The molecule has 0 saturated heterocycles. The normalized spacial score (nSPS) is 20.1. The molecule has 0 bridgehead atoms. The molecular weight excluding hydrogens is 236 g/mol. The van der Waals surface area contributed by atoms with Crippen molar-refractivity contribution in [2.24, 2.45) is 5.73 Å². The highest BCUT2D eigenvalue weighted by molar-refractivity contribution is 5.76. The van der Waals surface area contributed by atoms with Crippen LogP contribution in [0.3, 0.4) is 0 Å². The molecule has 2 aliphatic rings. The van der Waals surface area contributed by atoms with Gasteiger partial charge in [0, 0.05) is 18.0 Å². The molecule has 2 saturated carbocycles. The summed E-state index contributed by atoms with van der Waals surface area (Å²) in [6, 6.07) is 9.04. The Kier molecular flexibility index (Phi) is 3.31. The largest absolute Gasteiger partial charge is 0.353 e. The second-order valence-electron chi connectivity index (χ2n) is 6.20. The highest BCUT2D eigenvalue weighted by atomic mass is 16.1. The van der Waals surface area contributed by atoms with Gasteiger partial charge in [-0.1, -0.05) is 24.3 Å². The predicted molar refractivity (Wildman–Crippen MR) is 75.8 cm³/mol. The first-order valence-corrected chi connectivity index (χ1v) is 7.29. The second kappa shape index (κ2) is 4.97. The van der Waals surface area contributed by atoms with Crippen molar-refractivity contribution >= 4 is 5.91 Å². The number of aryl methyl sites for hydroxylation is 1. The summed E-state index contributed by atoms with van der Waals surface area (Å²) in [4.78, 5) is 11.6. The molecule has 3 N–H and O–H groups in total. The maximum absolute atomic E-state index is 11.6. The highest BCUT2D eigenvalue weighted by Crippen LogP contribution is 2.35. The number of benzene rings is 1. The minimum atomic E-state index is 0.0751. The van der Waals surface area contributed by atoms with Crippen LogP contribution < -0.4 is 11.1 Å². The van der Waals surface area contributed by atoms with Crippen LogP contribution in [0.15, 0.2) is 24.3 Å². The van der Waals surface area contributed by atoms with Gasteiger partial charge in [0.2, 0.25) is 5.91 Å². The van der Waals surface area contributed by atoms with Crippen LogP contribution in [0, 0.1) is 0 Å². The lowest BCUT2D eigenvalue weighted by Gasteiger charge is -2.09. The number of rotatable bonds is 6. The first-order chi connectivity index (χ1) is 9.13. The van der Waals surface area contributed by atoms with Crippen LogP contribution in [0.2, 0.25) is 0 Å². The van der Waals surface area contributed by atoms with Crippen LogP contribution >= 0.6 is 0 Å². The molecule has 3 nitrogen and oxygen atoms in total. The number of hydrogen-bond donors (Lipinski definition) is 2. The van der Waals surface area contributed by atoms with Crippen molar-refractivity contribution in [3.8, 4) is 0 Å².